The molecule has 96 valence electrons. The number of thioether (sulfide) groups is 1. The van der Waals surface area contributed by atoms with Crippen molar-refractivity contribution >= 4 is 27.7 Å². The minimum absolute atomic E-state index is 0.308. The van der Waals surface area contributed by atoms with Crippen molar-refractivity contribution in [3.8, 4) is 0 Å². The zero-order chi connectivity index (χ0) is 12.7. The second-order valence-electron chi connectivity index (χ2n) is 5.13. The number of nitrogens with two attached hydrogens (primary N) is 1. The van der Waals surface area contributed by atoms with Crippen molar-refractivity contribution < 1.29 is 0 Å². The number of rotatable bonds is 7. The molecule has 0 amide bonds. The fourth-order valence-corrected chi connectivity index (χ4v) is 2.71. The molecule has 0 bridgehead atoms. The molecule has 1 aromatic carbocycles. The lowest BCUT2D eigenvalue weighted by molar-refractivity contribution is 0.336. The molecule has 0 aliphatic heterocycles. The predicted octanol–water partition coefficient (Wildman–Crippen LogP) is 4.70. The summed E-state index contributed by atoms with van der Waals surface area (Å²) < 4.78 is 1.14. The number of halogens is 1. The van der Waals surface area contributed by atoms with E-state index >= 15 is 0 Å². The summed E-state index contributed by atoms with van der Waals surface area (Å²) in [7, 11) is 0. The van der Waals surface area contributed by atoms with Crippen LogP contribution in [0.2, 0.25) is 0 Å². The quantitative estimate of drug-likeness (QED) is 0.583. The van der Waals surface area contributed by atoms with Gasteiger partial charge in [0.1, 0.15) is 0 Å². The van der Waals surface area contributed by atoms with Gasteiger partial charge in [-0.15, -0.1) is 11.8 Å². The summed E-state index contributed by atoms with van der Waals surface area (Å²) in [6.45, 7) is 5.27. The first-order valence-corrected chi connectivity index (χ1v) is 7.90. The van der Waals surface area contributed by atoms with E-state index in [4.69, 9.17) is 5.73 Å². The van der Waals surface area contributed by atoms with Gasteiger partial charge in [-0.3, -0.25) is 0 Å². The van der Waals surface area contributed by atoms with Crippen molar-refractivity contribution in [3.05, 3.63) is 28.7 Å². The van der Waals surface area contributed by atoms with Gasteiger partial charge in [0.05, 0.1) is 0 Å². The molecule has 0 atom stereocenters. The van der Waals surface area contributed by atoms with Crippen molar-refractivity contribution in [3.63, 3.8) is 0 Å². The normalized spacial score (nSPS) is 11.8. The molecule has 3 heteroatoms. The maximum Gasteiger partial charge on any atom is 0.0176 e. The molecule has 0 unspecified atom stereocenters. The minimum atomic E-state index is 0.308. The van der Waals surface area contributed by atoms with Crippen LogP contribution in [0.25, 0.3) is 0 Å². The van der Waals surface area contributed by atoms with Crippen LogP contribution in [-0.4, -0.2) is 12.3 Å². The van der Waals surface area contributed by atoms with Gasteiger partial charge in [-0.25, -0.2) is 0 Å². The zero-order valence-electron chi connectivity index (χ0n) is 10.7. The lowest BCUT2D eigenvalue weighted by atomic mass is 9.88. The SMILES string of the molecule is CC(C)(CN)CCCCSc1ccc(Br)cc1. The molecule has 0 saturated heterocycles. The maximum atomic E-state index is 5.72. The molecular weight excluding hydrogens is 294 g/mol. The van der Waals surface area contributed by atoms with Gasteiger partial charge in [0, 0.05) is 9.37 Å². The van der Waals surface area contributed by atoms with Crippen LogP contribution in [0, 0.1) is 5.41 Å². The summed E-state index contributed by atoms with van der Waals surface area (Å²) in [6.07, 6.45) is 3.77. The van der Waals surface area contributed by atoms with Crippen LogP contribution in [0.4, 0.5) is 0 Å². The minimum Gasteiger partial charge on any atom is -0.330 e. The van der Waals surface area contributed by atoms with E-state index in [1.807, 2.05) is 11.8 Å². The molecule has 2 N–H and O–H groups in total. The number of unbranched alkanes of at least 4 members (excludes halogenated alkanes) is 1. The van der Waals surface area contributed by atoms with Crippen molar-refractivity contribution in [2.24, 2.45) is 11.1 Å². The van der Waals surface area contributed by atoms with Crippen LogP contribution in [0.3, 0.4) is 0 Å². The third-order valence-electron chi connectivity index (χ3n) is 2.88. The second kappa shape index (κ2) is 7.45. The summed E-state index contributed by atoms with van der Waals surface area (Å²) >= 11 is 5.38. The van der Waals surface area contributed by atoms with E-state index in [0.29, 0.717) is 5.41 Å². The van der Waals surface area contributed by atoms with Crippen LogP contribution in [0.15, 0.2) is 33.6 Å². The maximum absolute atomic E-state index is 5.72. The first-order valence-electron chi connectivity index (χ1n) is 6.12. The molecule has 1 aromatic rings. The Morgan fingerprint density at radius 2 is 1.82 bits per heavy atom. The van der Waals surface area contributed by atoms with Crippen LogP contribution in [0.1, 0.15) is 33.1 Å². The van der Waals surface area contributed by atoms with Crippen molar-refractivity contribution in [2.45, 2.75) is 38.0 Å². The van der Waals surface area contributed by atoms with Crippen molar-refractivity contribution in [1.29, 1.82) is 0 Å². The monoisotopic (exact) mass is 315 g/mol. The Kier molecular flexibility index (Phi) is 6.60. The number of hydrogen-bond acceptors (Lipinski definition) is 2. The molecular formula is C14H22BrNS. The van der Waals surface area contributed by atoms with Crippen molar-refractivity contribution in [2.75, 3.05) is 12.3 Å². The first kappa shape index (κ1) is 15.1. The average molecular weight is 316 g/mol. The van der Waals surface area contributed by atoms with Crippen LogP contribution < -0.4 is 5.73 Å². The van der Waals surface area contributed by atoms with Crippen LogP contribution in [0.5, 0.6) is 0 Å². The summed E-state index contributed by atoms with van der Waals surface area (Å²) in [4.78, 5) is 1.35. The fraction of sp³-hybridized carbons (Fsp3) is 0.571. The third-order valence-corrected chi connectivity index (χ3v) is 4.51. The van der Waals surface area contributed by atoms with E-state index in [0.717, 1.165) is 11.0 Å². The molecule has 0 aliphatic carbocycles. The Balaban J connectivity index is 2.14. The highest BCUT2D eigenvalue weighted by Gasteiger charge is 2.14. The van der Waals surface area contributed by atoms with Gasteiger partial charge in [0.2, 0.25) is 0 Å². The van der Waals surface area contributed by atoms with Crippen molar-refractivity contribution in [1.82, 2.24) is 0 Å². The van der Waals surface area contributed by atoms with Gasteiger partial charge in [-0.2, -0.15) is 0 Å². The van der Waals surface area contributed by atoms with E-state index in [1.165, 1.54) is 29.9 Å². The van der Waals surface area contributed by atoms with Gasteiger partial charge >= 0.3 is 0 Å². The highest BCUT2D eigenvalue weighted by molar-refractivity contribution is 9.10. The van der Waals surface area contributed by atoms with Gasteiger partial charge in [0.15, 0.2) is 0 Å². The molecule has 0 spiro atoms. The lowest BCUT2D eigenvalue weighted by Gasteiger charge is -2.21. The third kappa shape index (κ3) is 6.49. The summed E-state index contributed by atoms with van der Waals surface area (Å²) in [5, 5.41) is 0. The molecule has 0 fully saturated rings. The Labute approximate surface area is 118 Å². The molecule has 0 aliphatic rings. The number of hydrogen-bond donors (Lipinski definition) is 1. The first-order chi connectivity index (χ1) is 8.03. The molecule has 17 heavy (non-hydrogen) atoms. The van der Waals surface area contributed by atoms with E-state index in [2.05, 4.69) is 54.0 Å². The Bertz CT molecular complexity index is 321. The lowest BCUT2D eigenvalue weighted by Crippen LogP contribution is -2.23. The molecule has 1 nitrogen and oxygen atoms in total. The van der Waals surface area contributed by atoms with Crippen LogP contribution in [-0.2, 0) is 0 Å². The van der Waals surface area contributed by atoms with Gasteiger partial charge in [0.25, 0.3) is 0 Å². The van der Waals surface area contributed by atoms with Gasteiger partial charge < -0.3 is 5.73 Å². The summed E-state index contributed by atoms with van der Waals surface area (Å²) in [6, 6.07) is 8.52. The average Bonchev–Trinajstić information content (AvgIpc) is 2.31. The van der Waals surface area contributed by atoms with E-state index < -0.39 is 0 Å². The number of benzene rings is 1. The van der Waals surface area contributed by atoms with E-state index in [-0.39, 0.29) is 0 Å². The fourth-order valence-electron chi connectivity index (χ4n) is 1.53. The zero-order valence-corrected chi connectivity index (χ0v) is 13.1. The smallest absolute Gasteiger partial charge is 0.0176 e. The topological polar surface area (TPSA) is 26.0 Å². The highest BCUT2D eigenvalue weighted by atomic mass is 79.9. The highest BCUT2D eigenvalue weighted by Crippen LogP contribution is 2.25. The van der Waals surface area contributed by atoms with E-state index in [9.17, 15) is 0 Å². The Hall–Kier alpha value is 0.01000. The molecule has 0 heterocycles. The molecule has 0 radical (unpaired) electrons. The molecule has 0 saturated carbocycles. The largest absolute Gasteiger partial charge is 0.330 e. The predicted molar refractivity (Wildman–Crippen MR) is 81.6 cm³/mol. The van der Waals surface area contributed by atoms with E-state index in [1.54, 1.807) is 0 Å². The summed E-state index contributed by atoms with van der Waals surface area (Å²) in [5.74, 6) is 1.20. The molecule has 0 aromatic heterocycles. The Morgan fingerprint density at radius 1 is 1.18 bits per heavy atom. The molecule has 1 rings (SSSR count). The summed E-state index contributed by atoms with van der Waals surface area (Å²) in [5.41, 5.74) is 6.02. The second-order valence-corrected chi connectivity index (χ2v) is 7.21. The Morgan fingerprint density at radius 3 is 2.41 bits per heavy atom. The van der Waals surface area contributed by atoms with Crippen LogP contribution >= 0.6 is 27.7 Å². The standard InChI is InChI=1S/C14H22BrNS/c1-14(2,11-16)9-3-4-10-17-13-7-5-12(15)6-8-13/h5-8H,3-4,9-11,16H2,1-2H3. The van der Waals surface area contributed by atoms with Gasteiger partial charge in [-0.05, 0) is 54.8 Å². The van der Waals surface area contributed by atoms with Gasteiger partial charge in [-0.1, -0.05) is 36.2 Å².